The van der Waals surface area contributed by atoms with E-state index in [9.17, 15) is 8.42 Å². The van der Waals surface area contributed by atoms with Crippen molar-refractivity contribution in [3.05, 3.63) is 0 Å². The Hall–Kier alpha value is 0.895. The molecule has 4 rings (SSSR count). The fraction of sp³-hybridized carbons (Fsp3) is 1.00. The molecule has 1 heterocycles. The molecule has 4 nitrogen and oxygen atoms in total. The quantitative estimate of drug-likeness (QED) is 0.368. The van der Waals surface area contributed by atoms with Crippen LogP contribution in [0.15, 0.2) is 0 Å². The Morgan fingerprint density at radius 1 is 1.18 bits per heavy atom. The minimum atomic E-state index is -3.16. The van der Waals surface area contributed by atoms with Gasteiger partial charge in [0, 0.05) is 0 Å². The molecule has 0 N–H and O–H groups in total. The van der Waals surface area contributed by atoms with Gasteiger partial charge in [0.05, 0.1) is 37.0 Å². The fourth-order valence-electron chi connectivity index (χ4n) is 4.15. The van der Waals surface area contributed by atoms with E-state index in [0.29, 0.717) is 11.8 Å². The van der Waals surface area contributed by atoms with E-state index < -0.39 is 12.5 Å². The lowest BCUT2D eigenvalue weighted by Crippen LogP contribution is -2.45. The number of halogens is 2. The number of hydrogen-bond donors (Lipinski definition) is 0. The van der Waals surface area contributed by atoms with Crippen LogP contribution < -0.4 is 0 Å². The van der Waals surface area contributed by atoms with Crippen LogP contribution in [0.2, 0.25) is 0 Å². The molecular weight excluding hydrogens is 435 g/mol. The van der Waals surface area contributed by atoms with Gasteiger partial charge in [-0.2, -0.15) is 0 Å². The van der Waals surface area contributed by atoms with Gasteiger partial charge in [0.15, 0.2) is 0 Å². The van der Waals surface area contributed by atoms with Gasteiger partial charge in [-0.05, 0) is 42.9 Å². The Bertz CT molecular complexity index is 529. The molecule has 5 unspecified atom stereocenters. The summed E-state index contributed by atoms with van der Waals surface area (Å²) in [6.45, 7) is 6.67. The average Bonchev–Trinajstić information content (AvgIpc) is 2.66. The molecule has 3 aliphatic carbocycles. The highest BCUT2D eigenvalue weighted by Gasteiger charge is 2.58. The second-order valence-electron chi connectivity index (χ2n) is 7.87. The standard InChI is InChI=1S/C14H23BBr2O4S/c1-13(2)9-6-10(13)8-12-11(7-9)20-15(21-12)14(3,16)4-5-22(17,18)19/h9-12H,4-8H2,1-3H3. The van der Waals surface area contributed by atoms with Crippen molar-refractivity contribution in [3.8, 4) is 0 Å². The van der Waals surface area contributed by atoms with Crippen LogP contribution in [0.5, 0.6) is 0 Å². The summed E-state index contributed by atoms with van der Waals surface area (Å²) in [5, 5.41) is 0. The van der Waals surface area contributed by atoms with Crippen molar-refractivity contribution in [1.82, 2.24) is 0 Å². The first-order valence-electron chi connectivity index (χ1n) is 7.91. The molecule has 1 saturated heterocycles. The Kier molecular flexibility index (Phi) is 4.60. The maximum absolute atomic E-state index is 11.3. The zero-order chi connectivity index (χ0) is 16.3. The summed E-state index contributed by atoms with van der Waals surface area (Å²) in [7, 11) is -3.54. The minimum absolute atomic E-state index is 0.0611. The van der Waals surface area contributed by atoms with Crippen molar-refractivity contribution in [2.24, 2.45) is 17.3 Å². The highest BCUT2D eigenvalue weighted by Crippen LogP contribution is 2.59. The van der Waals surface area contributed by atoms with Crippen LogP contribution in [0.3, 0.4) is 0 Å². The van der Waals surface area contributed by atoms with Gasteiger partial charge in [-0.25, -0.2) is 8.42 Å². The third kappa shape index (κ3) is 3.32. The molecular formula is C14H23BBr2O4S. The van der Waals surface area contributed by atoms with Crippen molar-refractivity contribution >= 4 is 46.1 Å². The van der Waals surface area contributed by atoms with Gasteiger partial charge in [-0.3, -0.25) is 0 Å². The third-order valence-corrected chi connectivity index (χ3v) is 8.48. The second-order valence-corrected chi connectivity index (χ2v) is 14.1. The normalized spacial score (nSPS) is 39.6. The van der Waals surface area contributed by atoms with E-state index in [0.717, 1.165) is 24.7 Å². The molecule has 0 radical (unpaired) electrons. The molecule has 1 aliphatic heterocycles. The van der Waals surface area contributed by atoms with Gasteiger partial charge in [0.1, 0.15) is 0 Å². The van der Waals surface area contributed by atoms with Crippen LogP contribution in [0.25, 0.3) is 0 Å². The van der Waals surface area contributed by atoms with Gasteiger partial charge < -0.3 is 9.31 Å². The number of alkyl halides is 1. The molecule has 0 amide bonds. The molecule has 5 atom stereocenters. The molecule has 8 heteroatoms. The van der Waals surface area contributed by atoms with Crippen molar-refractivity contribution < 1.29 is 17.7 Å². The molecule has 0 aromatic heterocycles. The van der Waals surface area contributed by atoms with Gasteiger partial charge in [-0.15, -0.1) is 0 Å². The average molecular weight is 458 g/mol. The summed E-state index contributed by atoms with van der Waals surface area (Å²) in [5.41, 5.74) is 0.411. The molecule has 2 bridgehead atoms. The lowest BCUT2D eigenvalue weighted by molar-refractivity contribution is -0.0264. The van der Waals surface area contributed by atoms with E-state index in [2.05, 4.69) is 44.6 Å². The first-order chi connectivity index (χ1) is 9.99. The Morgan fingerprint density at radius 2 is 1.68 bits per heavy atom. The Morgan fingerprint density at radius 3 is 2.09 bits per heavy atom. The van der Waals surface area contributed by atoms with E-state index in [1.807, 2.05) is 6.92 Å². The highest BCUT2D eigenvalue weighted by atomic mass is 79.9. The van der Waals surface area contributed by atoms with E-state index in [4.69, 9.17) is 9.31 Å². The summed E-state index contributed by atoms with van der Waals surface area (Å²) >= 11 is 6.34. The predicted octanol–water partition coefficient (Wildman–Crippen LogP) is 3.52. The lowest BCUT2D eigenvalue weighted by Gasteiger charge is -2.51. The molecule has 0 spiro atoms. The van der Waals surface area contributed by atoms with E-state index >= 15 is 0 Å². The smallest absolute Gasteiger partial charge is 0.405 e. The zero-order valence-electron chi connectivity index (χ0n) is 13.2. The van der Waals surface area contributed by atoms with E-state index in [1.165, 1.54) is 6.42 Å². The van der Waals surface area contributed by atoms with Crippen LogP contribution in [-0.4, -0.2) is 37.7 Å². The van der Waals surface area contributed by atoms with Crippen LogP contribution in [0.1, 0.15) is 46.5 Å². The summed E-state index contributed by atoms with van der Waals surface area (Å²) in [5.74, 6) is 1.50. The molecule has 3 saturated carbocycles. The maximum Gasteiger partial charge on any atom is 0.475 e. The Labute approximate surface area is 149 Å². The molecule has 4 aliphatic rings. The van der Waals surface area contributed by atoms with Crippen molar-refractivity contribution in [3.63, 3.8) is 0 Å². The van der Waals surface area contributed by atoms with Gasteiger partial charge in [-0.1, -0.05) is 36.7 Å². The second kappa shape index (κ2) is 5.72. The monoisotopic (exact) mass is 456 g/mol. The fourth-order valence-corrected chi connectivity index (χ4v) is 5.98. The van der Waals surface area contributed by atoms with Gasteiger partial charge >= 0.3 is 7.12 Å². The molecule has 22 heavy (non-hydrogen) atoms. The summed E-state index contributed by atoms with van der Waals surface area (Å²) < 4.78 is 34.5. The van der Waals surface area contributed by atoms with Crippen LogP contribution in [-0.2, 0) is 17.6 Å². The predicted molar refractivity (Wildman–Crippen MR) is 94.8 cm³/mol. The SMILES string of the molecule is CC(Br)(CCS(=O)(=O)Br)B1OC2CC3CC(CC2O1)C3(C)C. The van der Waals surface area contributed by atoms with Gasteiger partial charge in [0.2, 0.25) is 8.27 Å². The molecule has 0 aromatic rings. The van der Waals surface area contributed by atoms with Crippen LogP contribution in [0.4, 0.5) is 0 Å². The van der Waals surface area contributed by atoms with Crippen molar-refractivity contribution in [2.45, 2.75) is 62.9 Å². The van der Waals surface area contributed by atoms with E-state index in [-0.39, 0.29) is 25.1 Å². The summed E-state index contributed by atoms with van der Waals surface area (Å²) in [6.07, 6.45) is 4.17. The van der Waals surface area contributed by atoms with Crippen molar-refractivity contribution in [2.75, 3.05) is 5.75 Å². The van der Waals surface area contributed by atoms with Gasteiger partial charge in [0.25, 0.3) is 0 Å². The molecule has 4 fully saturated rings. The number of hydrogen-bond acceptors (Lipinski definition) is 4. The maximum atomic E-state index is 11.3. The highest BCUT2D eigenvalue weighted by molar-refractivity contribution is 9.47. The molecule has 126 valence electrons. The zero-order valence-corrected chi connectivity index (χ0v) is 17.2. The summed E-state index contributed by atoms with van der Waals surface area (Å²) in [4.78, 5) is 0. The molecule has 0 aromatic carbocycles. The largest absolute Gasteiger partial charge is 0.475 e. The van der Waals surface area contributed by atoms with Crippen LogP contribution >= 0.6 is 30.7 Å². The first-order valence-corrected chi connectivity index (χ1v) is 12.2. The first kappa shape index (κ1) is 17.7. The Balaban J connectivity index is 1.64. The minimum Gasteiger partial charge on any atom is -0.405 e. The van der Waals surface area contributed by atoms with E-state index in [1.54, 1.807) is 0 Å². The lowest BCUT2D eigenvalue weighted by atomic mass is 9.54. The van der Waals surface area contributed by atoms with Crippen LogP contribution in [0, 0.1) is 17.3 Å². The third-order valence-electron chi connectivity index (χ3n) is 6.04. The number of rotatable bonds is 4. The van der Waals surface area contributed by atoms with Crippen molar-refractivity contribution in [1.29, 1.82) is 0 Å². The topological polar surface area (TPSA) is 52.6 Å². The summed E-state index contributed by atoms with van der Waals surface area (Å²) in [6, 6.07) is 0.